The van der Waals surface area contributed by atoms with Crippen LogP contribution in [0.25, 0.3) is 0 Å². The van der Waals surface area contributed by atoms with Crippen LogP contribution in [-0.2, 0) is 0 Å². The summed E-state index contributed by atoms with van der Waals surface area (Å²) in [5.74, 6) is 0.0824. The number of rotatable bonds is 14. The van der Waals surface area contributed by atoms with Gasteiger partial charge in [-0.15, -0.1) is 0 Å². The monoisotopic (exact) mass is 288 g/mol. The van der Waals surface area contributed by atoms with Gasteiger partial charge in [-0.2, -0.15) is 0 Å². The first kappa shape index (κ1) is 19.4. The van der Waals surface area contributed by atoms with Gasteiger partial charge in [0.2, 0.25) is 0 Å². The minimum atomic E-state index is 0.0824. The molecule has 1 atom stereocenters. The van der Waals surface area contributed by atoms with Gasteiger partial charge in [0.15, 0.2) is 0 Å². The van der Waals surface area contributed by atoms with Crippen LogP contribution in [-0.4, -0.2) is 76.3 Å². The summed E-state index contributed by atoms with van der Waals surface area (Å²) in [7, 11) is 0. The molecule has 7 nitrogen and oxygen atoms in total. The highest BCUT2D eigenvalue weighted by molar-refractivity contribution is 5.84. The lowest BCUT2D eigenvalue weighted by molar-refractivity contribution is 0.257. The number of aliphatic hydroxyl groups excluding tert-OH is 1. The van der Waals surface area contributed by atoms with Crippen LogP contribution in [0, 0.1) is 5.92 Å². The van der Waals surface area contributed by atoms with Crippen molar-refractivity contribution in [2.45, 2.75) is 6.92 Å². The molecule has 0 fully saturated rings. The molecule has 0 bridgehead atoms. The van der Waals surface area contributed by atoms with Crippen molar-refractivity contribution in [3.05, 3.63) is 0 Å². The predicted octanol–water partition coefficient (Wildman–Crippen LogP) is -2.26. The molecule has 0 aliphatic rings. The standard InChI is InChI=1S/C13H32N6O/c1-12(19-9-8-17-5-3-15)13(11-20)10-18-7-6-16-4-2-14/h13,16-18,20H,2-11,14-15H2,1H3. The van der Waals surface area contributed by atoms with E-state index in [0.717, 1.165) is 51.5 Å². The van der Waals surface area contributed by atoms with Crippen LogP contribution >= 0.6 is 0 Å². The van der Waals surface area contributed by atoms with Crippen LogP contribution in [0.1, 0.15) is 6.92 Å². The second-order valence-electron chi connectivity index (χ2n) is 4.68. The van der Waals surface area contributed by atoms with Crippen LogP contribution in [0.15, 0.2) is 4.99 Å². The quantitative estimate of drug-likeness (QED) is 0.159. The van der Waals surface area contributed by atoms with Crippen molar-refractivity contribution in [1.29, 1.82) is 0 Å². The lowest BCUT2D eigenvalue weighted by atomic mass is 10.1. The highest BCUT2D eigenvalue weighted by Gasteiger charge is 2.09. The second kappa shape index (κ2) is 14.8. The van der Waals surface area contributed by atoms with Gasteiger partial charge in [-0.3, -0.25) is 4.99 Å². The van der Waals surface area contributed by atoms with Gasteiger partial charge in [-0.05, 0) is 6.92 Å². The van der Waals surface area contributed by atoms with Gasteiger partial charge in [0.05, 0.1) is 13.2 Å². The molecule has 0 saturated carbocycles. The average Bonchev–Trinajstić information content (AvgIpc) is 2.46. The SMILES string of the molecule is CC(=NCCNCCN)C(CO)CNCCNCCN. The van der Waals surface area contributed by atoms with Gasteiger partial charge >= 0.3 is 0 Å². The molecule has 0 saturated heterocycles. The van der Waals surface area contributed by atoms with Crippen molar-refractivity contribution in [2.75, 3.05) is 65.5 Å². The third kappa shape index (κ3) is 11.3. The van der Waals surface area contributed by atoms with Crippen molar-refractivity contribution in [3.8, 4) is 0 Å². The first-order valence-corrected chi connectivity index (χ1v) is 7.40. The molecule has 20 heavy (non-hydrogen) atoms. The molecule has 0 amide bonds. The molecule has 120 valence electrons. The highest BCUT2D eigenvalue weighted by Crippen LogP contribution is 1.97. The average molecular weight is 288 g/mol. The summed E-state index contributed by atoms with van der Waals surface area (Å²) in [4.78, 5) is 4.48. The highest BCUT2D eigenvalue weighted by atomic mass is 16.3. The molecule has 0 aliphatic heterocycles. The molecule has 8 N–H and O–H groups in total. The summed E-state index contributed by atoms with van der Waals surface area (Å²) in [6.07, 6.45) is 0. The van der Waals surface area contributed by atoms with Gasteiger partial charge in [0.1, 0.15) is 0 Å². The van der Waals surface area contributed by atoms with Crippen molar-refractivity contribution in [3.63, 3.8) is 0 Å². The van der Waals surface area contributed by atoms with Gasteiger partial charge in [0, 0.05) is 64.0 Å². The van der Waals surface area contributed by atoms with Gasteiger partial charge in [-0.25, -0.2) is 0 Å². The molecule has 0 aromatic carbocycles. The lowest BCUT2D eigenvalue weighted by Crippen LogP contribution is -2.35. The van der Waals surface area contributed by atoms with E-state index in [1.807, 2.05) is 6.92 Å². The van der Waals surface area contributed by atoms with Gasteiger partial charge in [-0.1, -0.05) is 0 Å². The molecule has 7 heteroatoms. The summed E-state index contributed by atoms with van der Waals surface area (Å²) < 4.78 is 0. The Balaban J connectivity index is 3.72. The van der Waals surface area contributed by atoms with Crippen molar-refractivity contribution in [2.24, 2.45) is 22.4 Å². The maximum atomic E-state index is 9.39. The van der Waals surface area contributed by atoms with Crippen molar-refractivity contribution >= 4 is 5.71 Å². The number of hydrogen-bond donors (Lipinski definition) is 6. The van der Waals surface area contributed by atoms with E-state index in [1.165, 1.54) is 0 Å². The molecule has 0 rings (SSSR count). The van der Waals surface area contributed by atoms with Crippen LogP contribution in [0.5, 0.6) is 0 Å². The maximum absolute atomic E-state index is 9.39. The Hall–Kier alpha value is -0.570. The van der Waals surface area contributed by atoms with E-state index in [4.69, 9.17) is 11.5 Å². The number of hydrogen-bond acceptors (Lipinski definition) is 7. The lowest BCUT2D eigenvalue weighted by Gasteiger charge is -2.15. The summed E-state index contributed by atoms with van der Waals surface area (Å²) in [5.41, 5.74) is 11.8. The van der Waals surface area contributed by atoms with Crippen LogP contribution in [0.2, 0.25) is 0 Å². The predicted molar refractivity (Wildman–Crippen MR) is 85.3 cm³/mol. The largest absolute Gasteiger partial charge is 0.396 e. The summed E-state index contributed by atoms with van der Waals surface area (Å²) in [6.45, 7) is 9.07. The number of aliphatic imine (C=N–C) groups is 1. The van der Waals surface area contributed by atoms with E-state index >= 15 is 0 Å². The zero-order valence-electron chi connectivity index (χ0n) is 12.7. The number of nitrogens with two attached hydrogens (primary N) is 2. The number of nitrogens with zero attached hydrogens (tertiary/aromatic N) is 1. The molecule has 1 unspecified atom stereocenters. The zero-order chi connectivity index (χ0) is 15.1. The van der Waals surface area contributed by atoms with Crippen molar-refractivity contribution < 1.29 is 5.11 Å². The molecule has 0 heterocycles. The smallest absolute Gasteiger partial charge is 0.0523 e. The Bertz CT molecular complexity index is 237. The molecule has 0 radical (unpaired) electrons. The summed E-state index contributed by atoms with van der Waals surface area (Å²) in [5, 5.41) is 19.1. The maximum Gasteiger partial charge on any atom is 0.0523 e. The van der Waals surface area contributed by atoms with E-state index in [0.29, 0.717) is 13.1 Å². The van der Waals surface area contributed by atoms with E-state index in [2.05, 4.69) is 20.9 Å². The normalized spacial score (nSPS) is 13.7. The number of aliphatic hydroxyl groups is 1. The molecular formula is C13H32N6O. The van der Waals surface area contributed by atoms with E-state index < -0.39 is 0 Å². The Kier molecular flexibility index (Phi) is 14.4. The third-order valence-electron chi connectivity index (χ3n) is 2.97. The molecule has 0 spiro atoms. The number of nitrogens with one attached hydrogen (secondary N) is 3. The van der Waals surface area contributed by atoms with Crippen LogP contribution in [0.3, 0.4) is 0 Å². The summed E-state index contributed by atoms with van der Waals surface area (Å²) >= 11 is 0. The zero-order valence-corrected chi connectivity index (χ0v) is 12.7. The van der Waals surface area contributed by atoms with E-state index in [9.17, 15) is 5.11 Å². The Morgan fingerprint density at radius 1 is 1.00 bits per heavy atom. The van der Waals surface area contributed by atoms with Crippen molar-refractivity contribution in [1.82, 2.24) is 16.0 Å². The van der Waals surface area contributed by atoms with Gasteiger partial charge < -0.3 is 32.5 Å². The Morgan fingerprint density at radius 2 is 1.60 bits per heavy atom. The second-order valence-corrected chi connectivity index (χ2v) is 4.68. The van der Waals surface area contributed by atoms with Crippen LogP contribution < -0.4 is 27.4 Å². The van der Waals surface area contributed by atoms with E-state index in [-0.39, 0.29) is 12.5 Å². The topological polar surface area (TPSA) is 121 Å². The minimum absolute atomic E-state index is 0.0824. The summed E-state index contributed by atoms with van der Waals surface area (Å²) in [6, 6.07) is 0. The van der Waals surface area contributed by atoms with Crippen LogP contribution in [0.4, 0.5) is 0 Å². The first-order valence-electron chi connectivity index (χ1n) is 7.40. The third-order valence-corrected chi connectivity index (χ3v) is 2.97. The Morgan fingerprint density at radius 3 is 2.20 bits per heavy atom. The Labute approximate surface area is 122 Å². The fourth-order valence-electron chi connectivity index (χ4n) is 1.69. The van der Waals surface area contributed by atoms with Gasteiger partial charge in [0.25, 0.3) is 0 Å². The fraction of sp³-hybridized carbons (Fsp3) is 0.923. The van der Waals surface area contributed by atoms with E-state index in [1.54, 1.807) is 0 Å². The minimum Gasteiger partial charge on any atom is -0.396 e. The molecule has 0 aromatic heterocycles. The molecular weight excluding hydrogens is 256 g/mol. The first-order chi connectivity index (χ1) is 9.76. The fourth-order valence-corrected chi connectivity index (χ4v) is 1.69. The molecule has 0 aromatic rings. The molecule has 0 aliphatic carbocycles.